The van der Waals surface area contributed by atoms with E-state index in [9.17, 15) is 4.79 Å². The Hall–Kier alpha value is -2.61. The van der Waals surface area contributed by atoms with Crippen LogP contribution in [0.5, 0.6) is 5.75 Å². The van der Waals surface area contributed by atoms with E-state index >= 15 is 0 Å². The Morgan fingerprint density at radius 3 is 2.57 bits per heavy atom. The van der Waals surface area contributed by atoms with Gasteiger partial charge in [0, 0.05) is 5.56 Å². The molecule has 0 fully saturated rings. The van der Waals surface area contributed by atoms with Gasteiger partial charge in [0.2, 0.25) is 0 Å². The molecule has 2 heteroatoms. The zero-order chi connectivity index (χ0) is 14.2. The largest absolute Gasteiger partial charge is 0.484 e. The van der Waals surface area contributed by atoms with Crippen LogP contribution < -0.4 is 4.74 Å². The number of para-hydroxylation sites is 1. The third-order valence-corrected chi connectivity index (χ3v) is 4.00. The third kappa shape index (κ3) is 2.00. The molecule has 0 bridgehead atoms. The van der Waals surface area contributed by atoms with Crippen molar-refractivity contribution in [3.8, 4) is 5.75 Å². The molecule has 0 radical (unpaired) electrons. The number of carbonyl (C=O) groups excluding carboxylic acids is 1. The van der Waals surface area contributed by atoms with Crippen molar-refractivity contribution >= 4 is 16.6 Å². The Labute approximate surface area is 123 Å². The summed E-state index contributed by atoms with van der Waals surface area (Å²) >= 11 is 0. The van der Waals surface area contributed by atoms with Gasteiger partial charge in [0.25, 0.3) is 0 Å². The van der Waals surface area contributed by atoms with Crippen molar-refractivity contribution in [1.82, 2.24) is 0 Å². The maximum atomic E-state index is 12.3. The molecule has 1 atom stereocenters. The van der Waals surface area contributed by atoms with Gasteiger partial charge >= 0.3 is 0 Å². The highest BCUT2D eigenvalue weighted by atomic mass is 16.5. The molecule has 1 unspecified atom stereocenters. The minimum Gasteiger partial charge on any atom is -0.484 e. The molecular weight excluding hydrogens is 260 g/mol. The van der Waals surface area contributed by atoms with E-state index in [0.29, 0.717) is 17.7 Å². The number of rotatable bonds is 1. The van der Waals surface area contributed by atoms with E-state index in [1.807, 2.05) is 48.5 Å². The summed E-state index contributed by atoms with van der Waals surface area (Å²) in [6, 6.07) is 21.8. The first kappa shape index (κ1) is 12.2. The second-order valence-corrected chi connectivity index (χ2v) is 5.30. The van der Waals surface area contributed by atoms with Crippen LogP contribution in [-0.2, 0) is 0 Å². The summed E-state index contributed by atoms with van der Waals surface area (Å²) in [6.07, 6.45) is 0.184. The van der Waals surface area contributed by atoms with E-state index in [1.54, 1.807) is 0 Å². The van der Waals surface area contributed by atoms with Gasteiger partial charge in [0.05, 0.1) is 12.0 Å². The van der Waals surface area contributed by atoms with Gasteiger partial charge in [-0.3, -0.25) is 4.79 Å². The maximum absolute atomic E-state index is 12.3. The molecule has 1 aliphatic rings. The van der Waals surface area contributed by atoms with Crippen LogP contribution in [0.1, 0.15) is 28.4 Å². The molecule has 21 heavy (non-hydrogen) atoms. The van der Waals surface area contributed by atoms with Gasteiger partial charge < -0.3 is 4.74 Å². The second-order valence-electron chi connectivity index (χ2n) is 5.30. The maximum Gasteiger partial charge on any atom is 0.170 e. The molecule has 0 spiro atoms. The van der Waals surface area contributed by atoms with Crippen LogP contribution in [0.25, 0.3) is 10.8 Å². The predicted octanol–water partition coefficient (Wildman–Crippen LogP) is 4.55. The summed E-state index contributed by atoms with van der Waals surface area (Å²) in [5.74, 6) is 0.835. The summed E-state index contributed by atoms with van der Waals surface area (Å²) in [4.78, 5) is 12.3. The topological polar surface area (TPSA) is 26.3 Å². The highest BCUT2D eigenvalue weighted by molar-refractivity contribution is 6.00. The van der Waals surface area contributed by atoms with Crippen molar-refractivity contribution in [2.75, 3.05) is 0 Å². The molecule has 3 aromatic rings. The first-order valence-corrected chi connectivity index (χ1v) is 7.09. The van der Waals surface area contributed by atoms with Crippen molar-refractivity contribution in [3.05, 3.63) is 77.9 Å². The lowest BCUT2D eigenvalue weighted by molar-refractivity contribution is 0.0852. The lowest BCUT2D eigenvalue weighted by Crippen LogP contribution is -2.20. The quantitative estimate of drug-likeness (QED) is 0.651. The Morgan fingerprint density at radius 1 is 0.857 bits per heavy atom. The van der Waals surface area contributed by atoms with E-state index in [-0.39, 0.29) is 11.9 Å². The second kappa shape index (κ2) is 4.74. The van der Waals surface area contributed by atoms with Crippen LogP contribution in [0, 0.1) is 0 Å². The summed E-state index contributed by atoms with van der Waals surface area (Å²) in [5, 5.41) is 2.32. The number of ketones is 1. The molecule has 0 saturated heterocycles. The van der Waals surface area contributed by atoms with Crippen molar-refractivity contribution in [1.29, 1.82) is 0 Å². The number of Topliss-reactive ketones (excluding diaryl/α,β-unsaturated/α-hetero) is 1. The van der Waals surface area contributed by atoms with Crippen LogP contribution in [0.15, 0.2) is 66.7 Å². The van der Waals surface area contributed by atoms with Crippen molar-refractivity contribution in [2.24, 2.45) is 0 Å². The monoisotopic (exact) mass is 274 g/mol. The van der Waals surface area contributed by atoms with Gasteiger partial charge in [-0.15, -0.1) is 0 Å². The lowest BCUT2D eigenvalue weighted by atomic mass is 9.93. The lowest BCUT2D eigenvalue weighted by Gasteiger charge is -2.26. The fourth-order valence-corrected chi connectivity index (χ4v) is 2.98. The smallest absolute Gasteiger partial charge is 0.170 e. The van der Waals surface area contributed by atoms with Gasteiger partial charge in [0.1, 0.15) is 11.9 Å². The average molecular weight is 274 g/mol. The van der Waals surface area contributed by atoms with Gasteiger partial charge in [-0.2, -0.15) is 0 Å². The van der Waals surface area contributed by atoms with Crippen LogP contribution in [0.2, 0.25) is 0 Å². The van der Waals surface area contributed by atoms with Crippen molar-refractivity contribution in [2.45, 2.75) is 12.5 Å². The number of fused-ring (bicyclic) bond motifs is 2. The van der Waals surface area contributed by atoms with Gasteiger partial charge in [-0.1, -0.05) is 54.6 Å². The third-order valence-electron chi connectivity index (χ3n) is 4.00. The van der Waals surface area contributed by atoms with Crippen LogP contribution >= 0.6 is 0 Å². The Morgan fingerprint density at radius 2 is 1.62 bits per heavy atom. The molecular formula is C19H14O2. The molecule has 102 valence electrons. The fourth-order valence-electron chi connectivity index (χ4n) is 2.98. The van der Waals surface area contributed by atoms with E-state index in [0.717, 1.165) is 10.9 Å². The van der Waals surface area contributed by atoms with Crippen LogP contribution in [0.3, 0.4) is 0 Å². The highest BCUT2D eigenvalue weighted by Crippen LogP contribution is 2.37. The number of carbonyl (C=O) groups is 1. The highest BCUT2D eigenvalue weighted by Gasteiger charge is 2.28. The molecule has 0 N–H and O–H groups in total. The zero-order valence-corrected chi connectivity index (χ0v) is 11.5. The zero-order valence-electron chi connectivity index (χ0n) is 11.5. The Bertz CT molecular complexity index is 830. The van der Waals surface area contributed by atoms with Crippen molar-refractivity contribution < 1.29 is 9.53 Å². The summed E-state index contributed by atoms with van der Waals surface area (Å²) in [5.41, 5.74) is 1.77. The number of benzene rings is 3. The standard InChI is InChI=1S/C19H14O2/c20-17-12-19(21-18-11-4-3-9-16(17)18)15-10-5-7-13-6-1-2-8-14(13)15/h1-11,19H,12H2. The van der Waals surface area contributed by atoms with Gasteiger partial charge in [0.15, 0.2) is 5.78 Å². The van der Waals surface area contributed by atoms with Crippen LogP contribution in [-0.4, -0.2) is 5.78 Å². The van der Waals surface area contributed by atoms with E-state index in [1.165, 1.54) is 5.39 Å². The van der Waals surface area contributed by atoms with E-state index in [4.69, 9.17) is 4.74 Å². The Balaban J connectivity index is 1.83. The van der Waals surface area contributed by atoms with Crippen LogP contribution in [0.4, 0.5) is 0 Å². The number of ether oxygens (including phenoxy) is 1. The molecule has 2 nitrogen and oxygen atoms in total. The first-order valence-electron chi connectivity index (χ1n) is 7.09. The normalized spacial score (nSPS) is 17.3. The Kier molecular flexibility index (Phi) is 2.74. The fraction of sp³-hybridized carbons (Fsp3) is 0.105. The number of hydrogen-bond acceptors (Lipinski definition) is 2. The van der Waals surface area contributed by atoms with Gasteiger partial charge in [-0.05, 0) is 22.9 Å². The first-order chi connectivity index (χ1) is 10.3. The molecule has 1 heterocycles. The minimum atomic E-state index is -0.210. The van der Waals surface area contributed by atoms with E-state index < -0.39 is 0 Å². The molecule has 0 amide bonds. The predicted molar refractivity (Wildman–Crippen MR) is 82.7 cm³/mol. The molecule has 0 saturated carbocycles. The molecule has 1 aliphatic heterocycles. The summed E-state index contributed by atoms with van der Waals surface area (Å²) < 4.78 is 6.08. The summed E-state index contributed by atoms with van der Waals surface area (Å²) in [7, 11) is 0. The molecule has 0 aliphatic carbocycles. The number of hydrogen-bond donors (Lipinski definition) is 0. The molecule has 3 aromatic carbocycles. The SMILES string of the molecule is O=C1CC(c2cccc3ccccc23)Oc2ccccc21. The average Bonchev–Trinajstić information content (AvgIpc) is 2.54. The summed E-state index contributed by atoms with van der Waals surface area (Å²) in [6.45, 7) is 0. The molecule has 4 rings (SSSR count). The van der Waals surface area contributed by atoms with E-state index in [2.05, 4.69) is 18.2 Å². The van der Waals surface area contributed by atoms with Crippen molar-refractivity contribution in [3.63, 3.8) is 0 Å². The molecule has 0 aromatic heterocycles. The van der Waals surface area contributed by atoms with Gasteiger partial charge in [-0.25, -0.2) is 0 Å². The minimum absolute atomic E-state index is 0.148.